The van der Waals surface area contributed by atoms with E-state index in [9.17, 15) is 8.42 Å². The first-order chi connectivity index (χ1) is 10.4. The Balaban J connectivity index is 1.91. The molecule has 1 heterocycles. The van der Waals surface area contributed by atoms with Crippen molar-refractivity contribution in [3.63, 3.8) is 0 Å². The highest BCUT2D eigenvalue weighted by Crippen LogP contribution is 2.37. The maximum Gasteiger partial charge on any atom is 0.243 e. The largest absolute Gasteiger partial charge is 0.306 e. The standard InChI is InChI=1S/C16H23ClN2O2S/c1-12-3-6-15(11-16(12)17)22(20,21)19(13-4-5-13)14-7-9-18(2)10-8-14/h3,6,11,13-14H,4-5,7-10H2,1-2H3. The molecule has 0 aromatic heterocycles. The van der Waals surface area contributed by atoms with E-state index in [0.29, 0.717) is 9.92 Å². The van der Waals surface area contributed by atoms with Gasteiger partial charge in [0, 0.05) is 17.1 Å². The first-order valence-corrected chi connectivity index (χ1v) is 9.69. The maximum atomic E-state index is 13.1. The number of hydrogen-bond donors (Lipinski definition) is 0. The summed E-state index contributed by atoms with van der Waals surface area (Å²) >= 11 is 6.14. The lowest BCUT2D eigenvalue weighted by atomic mass is 10.1. The molecular weight excluding hydrogens is 320 g/mol. The van der Waals surface area contributed by atoms with Gasteiger partial charge in [0.1, 0.15) is 0 Å². The summed E-state index contributed by atoms with van der Waals surface area (Å²) < 4.78 is 28.0. The van der Waals surface area contributed by atoms with Crippen molar-refractivity contribution in [3.8, 4) is 0 Å². The van der Waals surface area contributed by atoms with E-state index < -0.39 is 10.0 Å². The second-order valence-electron chi connectivity index (χ2n) is 6.51. The number of sulfonamides is 1. The highest BCUT2D eigenvalue weighted by molar-refractivity contribution is 7.89. The Morgan fingerprint density at radius 1 is 1.14 bits per heavy atom. The molecule has 0 N–H and O–H groups in total. The molecule has 0 atom stereocenters. The van der Waals surface area contributed by atoms with Crippen LogP contribution in [0.4, 0.5) is 0 Å². The van der Waals surface area contributed by atoms with E-state index in [1.165, 1.54) is 0 Å². The number of piperidine rings is 1. The maximum absolute atomic E-state index is 13.1. The Morgan fingerprint density at radius 2 is 1.73 bits per heavy atom. The Hall–Kier alpha value is -0.620. The Bertz CT molecular complexity index is 650. The van der Waals surface area contributed by atoms with Crippen molar-refractivity contribution in [2.24, 2.45) is 0 Å². The molecule has 1 aromatic carbocycles. The molecule has 2 aliphatic rings. The smallest absolute Gasteiger partial charge is 0.243 e. The normalized spacial score (nSPS) is 21.5. The van der Waals surface area contributed by atoms with Crippen LogP contribution in [-0.2, 0) is 10.0 Å². The van der Waals surface area contributed by atoms with Gasteiger partial charge in [0.05, 0.1) is 4.90 Å². The molecule has 3 rings (SSSR count). The van der Waals surface area contributed by atoms with Gasteiger partial charge in [0.25, 0.3) is 0 Å². The van der Waals surface area contributed by atoms with Crippen molar-refractivity contribution in [2.75, 3.05) is 20.1 Å². The lowest BCUT2D eigenvalue weighted by Gasteiger charge is -2.36. The summed E-state index contributed by atoms with van der Waals surface area (Å²) in [7, 11) is -1.37. The summed E-state index contributed by atoms with van der Waals surface area (Å²) in [5.41, 5.74) is 0.901. The topological polar surface area (TPSA) is 40.6 Å². The van der Waals surface area contributed by atoms with Gasteiger partial charge >= 0.3 is 0 Å². The molecule has 4 nitrogen and oxygen atoms in total. The number of aryl methyl sites for hydroxylation is 1. The zero-order chi connectivity index (χ0) is 15.9. The second-order valence-corrected chi connectivity index (χ2v) is 8.76. The molecule has 0 radical (unpaired) electrons. The van der Waals surface area contributed by atoms with E-state index in [0.717, 1.165) is 44.3 Å². The van der Waals surface area contributed by atoms with Crippen LogP contribution in [0, 0.1) is 6.92 Å². The van der Waals surface area contributed by atoms with E-state index in [1.54, 1.807) is 22.5 Å². The molecule has 0 amide bonds. The fraction of sp³-hybridized carbons (Fsp3) is 0.625. The second kappa shape index (κ2) is 6.11. The van der Waals surface area contributed by atoms with E-state index in [-0.39, 0.29) is 12.1 Å². The average molecular weight is 343 g/mol. The van der Waals surface area contributed by atoms with Gasteiger partial charge in [-0.1, -0.05) is 17.7 Å². The lowest BCUT2D eigenvalue weighted by Crippen LogP contribution is -2.47. The number of rotatable bonds is 4. The van der Waals surface area contributed by atoms with Crippen molar-refractivity contribution in [3.05, 3.63) is 28.8 Å². The summed E-state index contributed by atoms with van der Waals surface area (Å²) in [6, 6.07) is 5.36. The molecule has 122 valence electrons. The quantitative estimate of drug-likeness (QED) is 0.844. The molecule has 1 saturated heterocycles. The lowest BCUT2D eigenvalue weighted by molar-refractivity contribution is 0.178. The SMILES string of the molecule is Cc1ccc(S(=O)(=O)N(C2CC2)C2CCN(C)CC2)cc1Cl. The molecule has 22 heavy (non-hydrogen) atoms. The van der Waals surface area contributed by atoms with Crippen molar-refractivity contribution < 1.29 is 8.42 Å². The molecular formula is C16H23ClN2O2S. The Kier molecular flexibility index (Phi) is 4.52. The van der Waals surface area contributed by atoms with Gasteiger partial charge in [-0.25, -0.2) is 8.42 Å². The monoisotopic (exact) mass is 342 g/mol. The van der Waals surface area contributed by atoms with Gasteiger partial charge in [-0.05, 0) is 70.4 Å². The molecule has 1 saturated carbocycles. The van der Waals surface area contributed by atoms with Crippen LogP contribution >= 0.6 is 11.6 Å². The van der Waals surface area contributed by atoms with E-state index in [2.05, 4.69) is 11.9 Å². The van der Waals surface area contributed by atoms with E-state index >= 15 is 0 Å². The van der Waals surface area contributed by atoms with Crippen molar-refractivity contribution in [1.82, 2.24) is 9.21 Å². The van der Waals surface area contributed by atoms with E-state index in [4.69, 9.17) is 11.6 Å². The summed E-state index contributed by atoms with van der Waals surface area (Å²) in [5, 5.41) is 0.514. The fourth-order valence-electron chi connectivity index (χ4n) is 3.12. The fourth-order valence-corrected chi connectivity index (χ4v) is 5.33. The third-order valence-corrected chi connectivity index (χ3v) is 7.08. The molecule has 2 fully saturated rings. The predicted octanol–water partition coefficient (Wildman–Crippen LogP) is 2.90. The van der Waals surface area contributed by atoms with Gasteiger partial charge in [0.15, 0.2) is 0 Å². The first kappa shape index (κ1) is 16.2. The van der Waals surface area contributed by atoms with Gasteiger partial charge < -0.3 is 4.90 Å². The number of halogens is 1. The molecule has 6 heteroatoms. The zero-order valence-corrected chi connectivity index (χ0v) is 14.7. The van der Waals surface area contributed by atoms with Crippen LogP contribution in [0.15, 0.2) is 23.1 Å². The van der Waals surface area contributed by atoms with Crippen LogP contribution in [0.5, 0.6) is 0 Å². The third-order valence-electron chi connectivity index (χ3n) is 4.67. The summed E-state index contributed by atoms with van der Waals surface area (Å²) in [6.07, 6.45) is 3.77. The number of benzene rings is 1. The van der Waals surface area contributed by atoms with Crippen LogP contribution in [0.25, 0.3) is 0 Å². The minimum atomic E-state index is -3.46. The summed E-state index contributed by atoms with van der Waals surface area (Å²) in [4.78, 5) is 2.59. The molecule has 1 aliphatic heterocycles. The molecule has 0 unspecified atom stereocenters. The van der Waals surface area contributed by atoms with Crippen LogP contribution in [-0.4, -0.2) is 49.8 Å². The molecule has 0 bridgehead atoms. The molecule has 1 aliphatic carbocycles. The van der Waals surface area contributed by atoms with Gasteiger partial charge in [-0.2, -0.15) is 4.31 Å². The molecule has 1 aromatic rings. The van der Waals surface area contributed by atoms with Crippen molar-refractivity contribution in [1.29, 1.82) is 0 Å². The van der Waals surface area contributed by atoms with Crippen molar-refractivity contribution >= 4 is 21.6 Å². The van der Waals surface area contributed by atoms with Crippen LogP contribution in [0.1, 0.15) is 31.2 Å². The number of nitrogens with zero attached hydrogens (tertiary/aromatic N) is 2. The Morgan fingerprint density at radius 3 is 2.27 bits per heavy atom. The highest BCUT2D eigenvalue weighted by atomic mass is 35.5. The molecule has 0 spiro atoms. The van der Waals surface area contributed by atoms with Gasteiger partial charge in [0.2, 0.25) is 10.0 Å². The van der Waals surface area contributed by atoms with Gasteiger partial charge in [-0.3, -0.25) is 0 Å². The predicted molar refractivity (Wildman–Crippen MR) is 88.8 cm³/mol. The van der Waals surface area contributed by atoms with Crippen LogP contribution in [0.3, 0.4) is 0 Å². The minimum absolute atomic E-state index is 0.119. The summed E-state index contributed by atoms with van der Waals surface area (Å²) in [6.45, 7) is 3.80. The zero-order valence-electron chi connectivity index (χ0n) is 13.1. The van der Waals surface area contributed by atoms with Crippen LogP contribution in [0.2, 0.25) is 5.02 Å². The van der Waals surface area contributed by atoms with Crippen LogP contribution < -0.4 is 0 Å². The van der Waals surface area contributed by atoms with E-state index in [1.807, 2.05) is 6.92 Å². The Labute approximate surface area is 138 Å². The number of likely N-dealkylation sites (tertiary alicyclic amines) is 1. The average Bonchev–Trinajstić information content (AvgIpc) is 3.28. The van der Waals surface area contributed by atoms with Gasteiger partial charge in [-0.15, -0.1) is 0 Å². The highest BCUT2D eigenvalue weighted by Gasteiger charge is 2.43. The van der Waals surface area contributed by atoms with Crippen molar-refractivity contribution in [2.45, 2.75) is 49.6 Å². The summed E-state index contributed by atoms with van der Waals surface area (Å²) in [5.74, 6) is 0. The first-order valence-electron chi connectivity index (χ1n) is 7.88. The third kappa shape index (κ3) is 3.18. The number of hydrogen-bond acceptors (Lipinski definition) is 3. The minimum Gasteiger partial charge on any atom is -0.306 e.